The van der Waals surface area contributed by atoms with Crippen LogP contribution in [0.4, 0.5) is 0 Å². The van der Waals surface area contributed by atoms with E-state index < -0.39 is 0 Å². The van der Waals surface area contributed by atoms with Gasteiger partial charge < -0.3 is 0 Å². The van der Waals surface area contributed by atoms with Crippen molar-refractivity contribution < 1.29 is 4.84 Å². The second-order valence-electron chi connectivity index (χ2n) is 2.48. The van der Waals surface area contributed by atoms with E-state index in [1.54, 1.807) is 0 Å². The molecule has 0 unspecified atom stereocenters. The SMILES string of the molecule is CCc1ccc(CON)cc1. The molecule has 0 radical (unpaired) electrons. The van der Waals surface area contributed by atoms with E-state index in [2.05, 4.69) is 23.9 Å². The Labute approximate surface area is 66.9 Å². The van der Waals surface area contributed by atoms with Crippen LogP contribution < -0.4 is 5.90 Å². The summed E-state index contributed by atoms with van der Waals surface area (Å²) in [5, 5.41) is 0. The van der Waals surface area contributed by atoms with Crippen LogP contribution in [-0.2, 0) is 17.9 Å². The van der Waals surface area contributed by atoms with E-state index in [4.69, 9.17) is 5.90 Å². The molecule has 0 aliphatic rings. The molecule has 0 aliphatic carbocycles. The van der Waals surface area contributed by atoms with Crippen LogP contribution in [0.2, 0.25) is 0 Å². The molecule has 1 rings (SSSR count). The van der Waals surface area contributed by atoms with Crippen LogP contribution in [0.15, 0.2) is 24.3 Å². The molecule has 0 fully saturated rings. The summed E-state index contributed by atoms with van der Waals surface area (Å²) >= 11 is 0. The van der Waals surface area contributed by atoms with Crippen molar-refractivity contribution in [1.82, 2.24) is 0 Å². The summed E-state index contributed by atoms with van der Waals surface area (Å²) in [5.74, 6) is 4.93. The van der Waals surface area contributed by atoms with Crippen molar-refractivity contribution in [1.29, 1.82) is 0 Å². The van der Waals surface area contributed by atoms with Crippen LogP contribution in [0.3, 0.4) is 0 Å². The fourth-order valence-corrected chi connectivity index (χ4v) is 0.967. The molecule has 0 saturated heterocycles. The maximum absolute atomic E-state index is 4.93. The van der Waals surface area contributed by atoms with E-state index in [9.17, 15) is 0 Å². The van der Waals surface area contributed by atoms with Crippen LogP contribution in [0.5, 0.6) is 0 Å². The van der Waals surface area contributed by atoms with Crippen molar-refractivity contribution in [3.8, 4) is 0 Å². The fraction of sp³-hybridized carbons (Fsp3) is 0.333. The standard InChI is InChI=1S/C9H13NO/c1-2-8-3-5-9(6-4-8)7-11-10/h3-6H,2,7,10H2,1H3. The quantitative estimate of drug-likeness (QED) is 0.666. The Morgan fingerprint density at radius 1 is 1.18 bits per heavy atom. The lowest BCUT2D eigenvalue weighted by molar-refractivity contribution is 0.124. The number of hydrogen-bond acceptors (Lipinski definition) is 2. The molecule has 0 aromatic heterocycles. The van der Waals surface area contributed by atoms with Gasteiger partial charge in [-0.2, -0.15) is 0 Å². The topological polar surface area (TPSA) is 35.2 Å². The highest BCUT2D eigenvalue weighted by Gasteiger charge is 1.91. The average Bonchev–Trinajstić information content (AvgIpc) is 2.07. The van der Waals surface area contributed by atoms with Gasteiger partial charge in [0.2, 0.25) is 0 Å². The van der Waals surface area contributed by atoms with E-state index in [0.717, 1.165) is 12.0 Å². The van der Waals surface area contributed by atoms with Gasteiger partial charge in [0.15, 0.2) is 0 Å². The zero-order valence-electron chi connectivity index (χ0n) is 6.71. The van der Waals surface area contributed by atoms with Crippen molar-refractivity contribution in [3.05, 3.63) is 35.4 Å². The Kier molecular flexibility index (Phi) is 3.08. The first-order chi connectivity index (χ1) is 5.36. The maximum Gasteiger partial charge on any atom is 0.0930 e. The molecule has 0 saturated carbocycles. The second kappa shape index (κ2) is 4.11. The van der Waals surface area contributed by atoms with Gasteiger partial charge in [-0.1, -0.05) is 31.2 Å². The minimum absolute atomic E-state index is 0.490. The van der Waals surface area contributed by atoms with Gasteiger partial charge in [-0.15, -0.1) is 0 Å². The minimum atomic E-state index is 0.490. The summed E-state index contributed by atoms with van der Waals surface area (Å²) in [6.07, 6.45) is 1.07. The van der Waals surface area contributed by atoms with Gasteiger partial charge in [-0.3, -0.25) is 4.84 Å². The molecule has 0 aliphatic heterocycles. The molecule has 1 aromatic carbocycles. The van der Waals surface area contributed by atoms with Crippen molar-refractivity contribution in [2.45, 2.75) is 20.0 Å². The predicted octanol–water partition coefficient (Wildman–Crippen LogP) is 1.64. The molecule has 60 valence electrons. The number of rotatable bonds is 3. The molecule has 1 aromatic rings. The number of aryl methyl sites for hydroxylation is 1. The molecule has 2 N–H and O–H groups in total. The van der Waals surface area contributed by atoms with E-state index in [0.29, 0.717) is 6.61 Å². The van der Waals surface area contributed by atoms with Crippen molar-refractivity contribution >= 4 is 0 Å². The van der Waals surface area contributed by atoms with Crippen LogP contribution in [0.25, 0.3) is 0 Å². The first kappa shape index (κ1) is 8.24. The summed E-state index contributed by atoms with van der Waals surface area (Å²) in [7, 11) is 0. The van der Waals surface area contributed by atoms with Gasteiger partial charge in [0.25, 0.3) is 0 Å². The largest absolute Gasteiger partial charge is 0.300 e. The Morgan fingerprint density at radius 2 is 1.73 bits per heavy atom. The summed E-state index contributed by atoms with van der Waals surface area (Å²) in [5.41, 5.74) is 2.45. The third kappa shape index (κ3) is 2.33. The lowest BCUT2D eigenvalue weighted by atomic mass is 10.1. The molecule has 2 heteroatoms. The molecule has 0 atom stereocenters. The third-order valence-electron chi connectivity index (χ3n) is 1.68. The van der Waals surface area contributed by atoms with Crippen LogP contribution in [0, 0.1) is 0 Å². The Bertz CT molecular complexity index is 205. The first-order valence-corrected chi connectivity index (χ1v) is 3.76. The van der Waals surface area contributed by atoms with Crippen LogP contribution in [0.1, 0.15) is 18.1 Å². The molecule has 0 spiro atoms. The fourth-order valence-electron chi connectivity index (χ4n) is 0.967. The lowest BCUT2D eigenvalue weighted by Crippen LogP contribution is -1.98. The summed E-state index contributed by atoms with van der Waals surface area (Å²) in [6, 6.07) is 8.25. The predicted molar refractivity (Wildman–Crippen MR) is 44.8 cm³/mol. The van der Waals surface area contributed by atoms with Gasteiger partial charge in [-0.05, 0) is 17.5 Å². The smallest absolute Gasteiger partial charge is 0.0930 e. The zero-order valence-corrected chi connectivity index (χ0v) is 6.71. The van der Waals surface area contributed by atoms with E-state index in [-0.39, 0.29) is 0 Å². The average molecular weight is 151 g/mol. The van der Waals surface area contributed by atoms with E-state index in [1.807, 2.05) is 12.1 Å². The normalized spacial score (nSPS) is 10.0. The zero-order chi connectivity index (χ0) is 8.10. The maximum atomic E-state index is 4.93. The highest BCUT2D eigenvalue weighted by molar-refractivity contribution is 5.21. The summed E-state index contributed by atoms with van der Waals surface area (Å²) in [6.45, 7) is 2.62. The molecular weight excluding hydrogens is 138 g/mol. The number of nitrogens with two attached hydrogens (primary N) is 1. The van der Waals surface area contributed by atoms with Crippen molar-refractivity contribution in [3.63, 3.8) is 0 Å². The number of benzene rings is 1. The molecule has 0 bridgehead atoms. The Balaban J connectivity index is 2.66. The van der Waals surface area contributed by atoms with E-state index in [1.165, 1.54) is 5.56 Å². The molecule has 2 nitrogen and oxygen atoms in total. The van der Waals surface area contributed by atoms with Crippen molar-refractivity contribution in [2.24, 2.45) is 5.90 Å². The summed E-state index contributed by atoms with van der Waals surface area (Å²) < 4.78 is 0. The van der Waals surface area contributed by atoms with Gasteiger partial charge >= 0.3 is 0 Å². The lowest BCUT2D eigenvalue weighted by Gasteiger charge is -1.99. The van der Waals surface area contributed by atoms with Gasteiger partial charge in [0.05, 0.1) is 6.61 Å². The van der Waals surface area contributed by atoms with Crippen LogP contribution in [-0.4, -0.2) is 0 Å². The highest BCUT2D eigenvalue weighted by atomic mass is 16.6. The van der Waals surface area contributed by atoms with Gasteiger partial charge in [0.1, 0.15) is 0 Å². The molecule has 0 heterocycles. The first-order valence-electron chi connectivity index (χ1n) is 3.76. The Hall–Kier alpha value is -0.860. The van der Waals surface area contributed by atoms with Gasteiger partial charge in [0, 0.05) is 0 Å². The van der Waals surface area contributed by atoms with Crippen LogP contribution >= 0.6 is 0 Å². The summed E-state index contributed by atoms with van der Waals surface area (Å²) in [4.78, 5) is 4.50. The highest BCUT2D eigenvalue weighted by Crippen LogP contribution is 2.04. The molecule has 0 amide bonds. The minimum Gasteiger partial charge on any atom is -0.300 e. The molecular formula is C9H13NO. The third-order valence-corrected chi connectivity index (χ3v) is 1.68. The Morgan fingerprint density at radius 3 is 2.18 bits per heavy atom. The number of hydrogen-bond donors (Lipinski definition) is 1. The molecule has 11 heavy (non-hydrogen) atoms. The second-order valence-corrected chi connectivity index (χ2v) is 2.48. The van der Waals surface area contributed by atoms with Gasteiger partial charge in [-0.25, -0.2) is 5.90 Å². The van der Waals surface area contributed by atoms with Crippen molar-refractivity contribution in [2.75, 3.05) is 0 Å². The van der Waals surface area contributed by atoms with E-state index >= 15 is 0 Å². The monoisotopic (exact) mass is 151 g/mol.